The van der Waals surface area contributed by atoms with E-state index in [2.05, 4.69) is 0 Å². The summed E-state index contributed by atoms with van der Waals surface area (Å²) in [5.41, 5.74) is 0. The second-order valence-corrected chi connectivity index (χ2v) is 2.20. The molecule has 1 heterocycles. The Labute approximate surface area is 58.9 Å². The first-order valence-electron chi connectivity index (χ1n) is 3.14. The summed E-state index contributed by atoms with van der Waals surface area (Å²) >= 11 is 0. The summed E-state index contributed by atoms with van der Waals surface area (Å²) in [7, 11) is 0. The number of hydrogen-bond acceptors (Lipinski definition) is 3. The van der Waals surface area contributed by atoms with Crippen molar-refractivity contribution in [3.8, 4) is 0 Å². The Bertz CT molecular complexity index is 187. The van der Waals surface area contributed by atoms with Crippen molar-refractivity contribution in [2.75, 3.05) is 6.54 Å². The highest BCUT2D eigenvalue weighted by molar-refractivity contribution is 6.29. The largest absolute Gasteiger partial charge is 0.313 e. The number of nitrogens with one attached hydrogen (secondary N) is 2. The molecule has 0 aromatic carbocycles. The van der Waals surface area contributed by atoms with Gasteiger partial charge in [0.25, 0.3) is 0 Å². The molecule has 54 valence electrons. The lowest BCUT2D eigenvalue weighted by Crippen LogP contribution is -2.31. The van der Waals surface area contributed by atoms with E-state index < -0.39 is 0 Å². The van der Waals surface area contributed by atoms with Gasteiger partial charge in [-0.15, -0.1) is 0 Å². The molecule has 1 aliphatic heterocycles. The summed E-state index contributed by atoms with van der Waals surface area (Å²) < 4.78 is 0. The average Bonchev–Trinajstić information content (AvgIpc) is 2.34. The van der Waals surface area contributed by atoms with E-state index in [1.54, 1.807) is 0 Å². The lowest BCUT2D eigenvalue weighted by atomic mass is 10.4. The van der Waals surface area contributed by atoms with Crippen molar-refractivity contribution in [2.45, 2.75) is 12.8 Å². The van der Waals surface area contributed by atoms with E-state index in [1.165, 1.54) is 4.90 Å². The molecule has 1 saturated heterocycles. The first kappa shape index (κ1) is 6.92. The molecule has 0 unspecified atom stereocenters. The molecule has 0 aromatic heterocycles. The molecule has 0 aromatic rings. The van der Waals surface area contributed by atoms with Crippen LogP contribution in [-0.2, 0) is 4.79 Å². The molecule has 4 heteroatoms. The number of carbonyl (C=O) groups excluding carboxylic acids is 1. The molecule has 0 saturated carbocycles. The van der Waals surface area contributed by atoms with Crippen molar-refractivity contribution in [3.05, 3.63) is 0 Å². The van der Waals surface area contributed by atoms with E-state index in [1.807, 2.05) is 0 Å². The second-order valence-electron chi connectivity index (χ2n) is 2.20. The fourth-order valence-electron chi connectivity index (χ4n) is 1.00. The number of aldehydes is 1. The number of likely N-dealkylation sites (tertiary alicyclic amines) is 1. The monoisotopic (exact) mass is 139 g/mol. The zero-order chi connectivity index (χ0) is 7.56. The van der Waals surface area contributed by atoms with Crippen LogP contribution in [0.4, 0.5) is 0 Å². The van der Waals surface area contributed by atoms with E-state index >= 15 is 0 Å². The topological polar surface area (TPSA) is 68.0 Å². The van der Waals surface area contributed by atoms with Crippen molar-refractivity contribution in [3.63, 3.8) is 0 Å². The van der Waals surface area contributed by atoms with E-state index in [4.69, 9.17) is 10.8 Å². The van der Waals surface area contributed by atoms with Crippen LogP contribution in [0.3, 0.4) is 0 Å². The van der Waals surface area contributed by atoms with Gasteiger partial charge in [0.2, 0.25) is 0 Å². The van der Waals surface area contributed by atoms with Crippen molar-refractivity contribution < 1.29 is 4.79 Å². The molecule has 2 N–H and O–H groups in total. The molecular weight excluding hydrogens is 130 g/mol. The van der Waals surface area contributed by atoms with Gasteiger partial charge in [-0.3, -0.25) is 15.6 Å². The summed E-state index contributed by atoms with van der Waals surface area (Å²) in [4.78, 5) is 11.5. The van der Waals surface area contributed by atoms with Crippen molar-refractivity contribution in [1.82, 2.24) is 4.90 Å². The van der Waals surface area contributed by atoms with Crippen molar-refractivity contribution in [2.24, 2.45) is 0 Å². The lowest BCUT2D eigenvalue weighted by molar-refractivity contribution is -0.103. The molecule has 0 radical (unpaired) electrons. The molecular formula is C6H9N3O. The Morgan fingerprint density at radius 3 is 2.80 bits per heavy atom. The molecule has 1 aliphatic rings. The van der Waals surface area contributed by atoms with Crippen LogP contribution >= 0.6 is 0 Å². The molecule has 10 heavy (non-hydrogen) atoms. The maximum atomic E-state index is 10.1. The number of hydrogen-bond donors (Lipinski definition) is 2. The summed E-state index contributed by atoms with van der Waals surface area (Å²) in [6, 6.07) is 0. The van der Waals surface area contributed by atoms with Crippen LogP contribution in [0.25, 0.3) is 0 Å². The number of amidine groups is 2. The van der Waals surface area contributed by atoms with Gasteiger partial charge in [-0.05, 0) is 6.42 Å². The fraction of sp³-hybridized carbons (Fsp3) is 0.500. The van der Waals surface area contributed by atoms with Crippen molar-refractivity contribution >= 4 is 18.0 Å². The maximum absolute atomic E-state index is 10.1. The molecule has 0 spiro atoms. The van der Waals surface area contributed by atoms with Crippen LogP contribution in [0.15, 0.2) is 0 Å². The standard InChI is InChI=1S/C6H9N3O/c7-5-2-1-3-9(5)6(8)4-10/h4,7-8H,1-3H2. The van der Waals surface area contributed by atoms with Gasteiger partial charge >= 0.3 is 0 Å². The smallest absolute Gasteiger partial charge is 0.185 e. The van der Waals surface area contributed by atoms with Crippen LogP contribution in [0.5, 0.6) is 0 Å². The fourth-order valence-corrected chi connectivity index (χ4v) is 1.00. The lowest BCUT2D eigenvalue weighted by Gasteiger charge is -2.12. The minimum absolute atomic E-state index is 0.0949. The van der Waals surface area contributed by atoms with Crippen LogP contribution in [0, 0.1) is 10.8 Å². The Hall–Kier alpha value is -1.19. The quantitative estimate of drug-likeness (QED) is 0.310. The molecule has 1 fully saturated rings. The van der Waals surface area contributed by atoms with Gasteiger partial charge in [0.05, 0.1) is 0 Å². The predicted octanol–water partition coefficient (Wildman–Crippen LogP) is 0.236. The van der Waals surface area contributed by atoms with Crippen LogP contribution in [0.2, 0.25) is 0 Å². The van der Waals surface area contributed by atoms with Gasteiger partial charge in [0.1, 0.15) is 5.84 Å². The molecule has 1 rings (SSSR count). The number of nitrogens with zero attached hydrogens (tertiary/aromatic N) is 1. The Kier molecular flexibility index (Phi) is 1.80. The minimum Gasteiger partial charge on any atom is -0.313 e. The van der Waals surface area contributed by atoms with Gasteiger partial charge in [-0.1, -0.05) is 0 Å². The Balaban J connectivity index is 2.63. The third-order valence-corrected chi connectivity index (χ3v) is 1.52. The summed E-state index contributed by atoms with van der Waals surface area (Å²) in [5, 5.41) is 14.3. The van der Waals surface area contributed by atoms with Gasteiger partial charge in [-0.2, -0.15) is 0 Å². The van der Waals surface area contributed by atoms with Gasteiger partial charge in [0, 0.05) is 13.0 Å². The zero-order valence-corrected chi connectivity index (χ0v) is 5.55. The van der Waals surface area contributed by atoms with E-state index in [0.29, 0.717) is 25.1 Å². The number of rotatable bonds is 1. The van der Waals surface area contributed by atoms with E-state index in [0.717, 1.165) is 6.42 Å². The number of carbonyl (C=O) groups is 1. The third-order valence-electron chi connectivity index (χ3n) is 1.52. The summed E-state index contributed by atoms with van der Waals surface area (Å²) in [6.07, 6.45) is 2.05. The highest BCUT2D eigenvalue weighted by Crippen LogP contribution is 2.08. The molecule has 0 amide bonds. The maximum Gasteiger partial charge on any atom is 0.185 e. The third kappa shape index (κ3) is 1.05. The zero-order valence-electron chi connectivity index (χ0n) is 5.55. The SMILES string of the molecule is N=C(C=O)N1CCCC1=N. The summed E-state index contributed by atoms with van der Waals surface area (Å²) in [5.74, 6) is 0.291. The highest BCUT2D eigenvalue weighted by Gasteiger charge is 2.19. The molecule has 0 aliphatic carbocycles. The Morgan fingerprint density at radius 1 is 1.70 bits per heavy atom. The van der Waals surface area contributed by atoms with Gasteiger partial charge in [-0.25, -0.2) is 0 Å². The average molecular weight is 139 g/mol. The normalized spacial score (nSPS) is 17.6. The van der Waals surface area contributed by atoms with Crippen molar-refractivity contribution in [1.29, 1.82) is 10.8 Å². The Morgan fingerprint density at radius 2 is 2.40 bits per heavy atom. The molecule has 0 atom stereocenters. The van der Waals surface area contributed by atoms with Crippen LogP contribution < -0.4 is 0 Å². The molecule has 0 bridgehead atoms. The summed E-state index contributed by atoms with van der Waals surface area (Å²) in [6.45, 7) is 0.649. The first-order chi connectivity index (χ1) is 4.75. The predicted molar refractivity (Wildman–Crippen MR) is 37.5 cm³/mol. The van der Waals surface area contributed by atoms with Crippen LogP contribution in [0.1, 0.15) is 12.8 Å². The highest BCUT2D eigenvalue weighted by atomic mass is 16.1. The first-order valence-corrected chi connectivity index (χ1v) is 3.14. The van der Waals surface area contributed by atoms with Gasteiger partial charge < -0.3 is 4.90 Å². The van der Waals surface area contributed by atoms with E-state index in [9.17, 15) is 4.79 Å². The molecule has 4 nitrogen and oxygen atoms in total. The van der Waals surface area contributed by atoms with Gasteiger partial charge in [0.15, 0.2) is 12.1 Å². The second kappa shape index (κ2) is 2.60. The minimum atomic E-state index is -0.0949. The van der Waals surface area contributed by atoms with E-state index in [-0.39, 0.29) is 5.84 Å². The van der Waals surface area contributed by atoms with Crippen LogP contribution in [-0.4, -0.2) is 29.4 Å².